The van der Waals surface area contributed by atoms with Crippen LogP contribution in [0.5, 0.6) is 0 Å². The van der Waals surface area contributed by atoms with Gasteiger partial charge in [0.1, 0.15) is 0 Å². The fourth-order valence-corrected chi connectivity index (χ4v) is 3.58. The topological polar surface area (TPSA) is 32.3 Å². The number of aliphatic hydroxyl groups excluding tert-OH is 1. The van der Waals surface area contributed by atoms with Gasteiger partial charge in [-0.15, -0.1) is 0 Å². The molecular formula is C14H19NO. The predicted octanol–water partition coefficient (Wildman–Crippen LogP) is 2.67. The van der Waals surface area contributed by atoms with Crippen LogP contribution < -0.4 is 5.32 Å². The normalized spacial score (nSPS) is 26.4. The van der Waals surface area contributed by atoms with Crippen LogP contribution in [0.1, 0.15) is 37.7 Å². The van der Waals surface area contributed by atoms with E-state index in [-0.39, 0.29) is 18.1 Å². The minimum absolute atomic E-state index is 0.212. The standard InChI is InChI=1S/C14H19NO/c16-10-13-14(8-4-1-5-9-14)11-6-2-3-7-12(11)15-13/h2-3,6-7,13,15-16H,1,4-5,8-10H2. The highest BCUT2D eigenvalue weighted by Crippen LogP contribution is 2.49. The third kappa shape index (κ3) is 1.29. The van der Waals surface area contributed by atoms with Crippen molar-refractivity contribution in [3.63, 3.8) is 0 Å². The molecule has 1 aromatic rings. The van der Waals surface area contributed by atoms with Crippen molar-refractivity contribution >= 4 is 5.69 Å². The molecule has 1 atom stereocenters. The first-order valence-electron chi connectivity index (χ1n) is 6.34. The second kappa shape index (κ2) is 3.77. The molecule has 0 saturated heterocycles. The van der Waals surface area contributed by atoms with Gasteiger partial charge in [-0.05, 0) is 24.5 Å². The van der Waals surface area contributed by atoms with Gasteiger partial charge in [-0.3, -0.25) is 0 Å². The Balaban J connectivity index is 2.06. The summed E-state index contributed by atoms with van der Waals surface area (Å²) in [5.41, 5.74) is 2.89. The number of anilines is 1. The van der Waals surface area contributed by atoms with Gasteiger partial charge in [0.05, 0.1) is 12.6 Å². The third-order valence-corrected chi connectivity index (χ3v) is 4.39. The number of nitrogens with one attached hydrogen (secondary N) is 1. The second-order valence-corrected chi connectivity index (χ2v) is 5.14. The lowest BCUT2D eigenvalue weighted by molar-refractivity contribution is 0.187. The number of hydrogen-bond donors (Lipinski definition) is 2. The van der Waals surface area contributed by atoms with E-state index < -0.39 is 0 Å². The zero-order valence-electron chi connectivity index (χ0n) is 9.58. The molecule has 1 fully saturated rings. The van der Waals surface area contributed by atoms with Gasteiger partial charge in [0.25, 0.3) is 0 Å². The van der Waals surface area contributed by atoms with Crippen LogP contribution in [0.3, 0.4) is 0 Å². The number of benzene rings is 1. The molecule has 1 unspecified atom stereocenters. The Kier molecular flexibility index (Phi) is 2.40. The van der Waals surface area contributed by atoms with E-state index in [2.05, 4.69) is 29.6 Å². The lowest BCUT2D eigenvalue weighted by Gasteiger charge is -2.38. The van der Waals surface area contributed by atoms with Crippen LogP contribution in [0.4, 0.5) is 5.69 Å². The van der Waals surface area contributed by atoms with E-state index >= 15 is 0 Å². The van der Waals surface area contributed by atoms with Crippen LogP contribution >= 0.6 is 0 Å². The zero-order chi connectivity index (χ0) is 11.0. The zero-order valence-corrected chi connectivity index (χ0v) is 9.58. The maximum absolute atomic E-state index is 9.59. The molecule has 2 heteroatoms. The van der Waals surface area contributed by atoms with Gasteiger partial charge in [0.2, 0.25) is 0 Å². The summed E-state index contributed by atoms with van der Waals surface area (Å²) in [5, 5.41) is 13.1. The van der Waals surface area contributed by atoms with Crippen LogP contribution in [0.2, 0.25) is 0 Å². The lowest BCUT2D eigenvalue weighted by Crippen LogP contribution is -2.42. The fraction of sp³-hybridized carbons (Fsp3) is 0.571. The van der Waals surface area contributed by atoms with E-state index in [9.17, 15) is 5.11 Å². The van der Waals surface area contributed by atoms with Crippen LogP contribution in [-0.2, 0) is 5.41 Å². The molecule has 1 aromatic carbocycles. The molecule has 2 N–H and O–H groups in total. The average molecular weight is 217 g/mol. The fourth-order valence-electron chi connectivity index (χ4n) is 3.58. The predicted molar refractivity (Wildman–Crippen MR) is 65.7 cm³/mol. The molecule has 16 heavy (non-hydrogen) atoms. The molecule has 2 aliphatic rings. The van der Waals surface area contributed by atoms with Crippen molar-refractivity contribution in [3.8, 4) is 0 Å². The smallest absolute Gasteiger partial charge is 0.0641 e. The highest BCUT2D eigenvalue weighted by molar-refractivity contribution is 5.62. The Bertz CT molecular complexity index is 382. The summed E-state index contributed by atoms with van der Waals surface area (Å²) in [7, 11) is 0. The quantitative estimate of drug-likeness (QED) is 0.758. The Hall–Kier alpha value is -1.02. The molecule has 0 radical (unpaired) electrons. The Morgan fingerprint density at radius 1 is 1.19 bits per heavy atom. The highest BCUT2D eigenvalue weighted by Gasteiger charge is 2.46. The van der Waals surface area contributed by atoms with Gasteiger partial charge in [-0.25, -0.2) is 0 Å². The van der Waals surface area contributed by atoms with E-state index in [1.165, 1.54) is 43.4 Å². The largest absolute Gasteiger partial charge is 0.394 e. The van der Waals surface area contributed by atoms with Gasteiger partial charge in [-0.1, -0.05) is 37.5 Å². The molecule has 0 bridgehead atoms. The number of aliphatic hydroxyl groups is 1. The van der Waals surface area contributed by atoms with E-state index in [1.54, 1.807) is 0 Å². The lowest BCUT2D eigenvalue weighted by atomic mass is 9.67. The summed E-state index contributed by atoms with van der Waals surface area (Å²) >= 11 is 0. The second-order valence-electron chi connectivity index (χ2n) is 5.14. The molecule has 1 aliphatic carbocycles. The summed E-state index contributed by atoms with van der Waals surface area (Å²) < 4.78 is 0. The monoisotopic (exact) mass is 217 g/mol. The Labute approximate surface area is 96.7 Å². The maximum atomic E-state index is 9.59. The highest BCUT2D eigenvalue weighted by atomic mass is 16.3. The van der Waals surface area contributed by atoms with Gasteiger partial charge in [0.15, 0.2) is 0 Å². The SMILES string of the molecule is OCC1Nc2ccccc2C12CCCCC2. The van der Waals surface area contributed by atoms with E-state index in [1.807, 2.05) is 0 Å². The maximum Gasteiger partial charge on any atom is 0.0641 e. The summed E-state index contributed by atoms with van der Waals surface area (Å²) in [6.07, 6.45) is 6.39. The first-order chi connectivity index (χ1) is 7.87. The van der Waals surface area contributed by atoms with Crippen molar-refractivity contribution in [3.05, 3.63) is 29.8 Å². The van der Waals surface area contributed by atoms with E-state index in [0.717, 1.165) is 0 Å². The first-order valence-corrected chi connectivity index (χ1v) is 6.34. The van der Waals surface area contributed by atoms with Gasteiger partial charge < -0.3 is 10.4 Å². The summed E-state index contributed by atoms with van der Waals surface area (Å²) in [4.78, 5) is 0. The minimum Gasteiger partial charge on any atom is -0.394 e. The van der Waals surface area contributed by atoms with Crippen LogP contribution in [-0.4, -0.2) is 17.8 Å². The average Bonchev–Trinajstić information content (AvgIpc) is 2.65. The van der Waals surface area contributed by atoms with Gasteiger partial charge in [-0.2, -0.15) is 0 Å². The molecule has 0 amide bonds. The molecule has 1 saturated carbocycles. The minimum atomic E-state index is 0.212. The summed E-state index contributed by atoms with van der Waals surface area (Å²) in [5.74, 6) is 0. The number of para-hydroxylation sites is 1. The van der Waals surface area contributed by atoms with Crippen molar-refractivity contribution in [1.29, 1.82) is 0 Å². The summed E-state index contributed by atoms with van der Waals surface area (Å²) in [6.45, 7) is 0.245. The molecular weight excluding hydrogens is 198 g/mol. The van der Waals surface area contributed by atoms with Crippen LogP contribution in [0.25, 0.3) is 0 Å². The van der Waals surface area contributed by atoms with Crippen LogP contribution in [0.15, 0.2) is 24.3 Å². The number of fused-ring (bicyclic) bond motifs is 2. The van der Waals surface area contributed by atoms with Gasteiger partial charge in [0, 0.05) is 11.1 Å². The first kappa shape index (κ1) is 10.2. The Morgan fingerprint density at radius 3 is 2.69 bits per heavy atom. The van der Waals surface area contributed by atoms with E-state index in [4.69, 9.17) is 0 Å². The van der Waals surface area contributed by atoms with E-state index in [0.29, 0.717) is 0 Å². The Morgan fingerprint density at radius 2 is 1.94 bits per heavy atom. The molecule has 0 aromatic heterocycles. The molecule has 1 heterocycles. The van der Waals surface area contributed by atoms with Crippen molar-refractivity contribution in [2.45, 2.75) is 43.6 Å². The molecule has 2 nitrogen and oxygen atoms in total. The van der Waals surface area contributed by atoms with Crippen molar-refractivity contribution in [2.75, 3.05) is 11.9 Å². The molecule has 86 valence electrons. The number of rotatable bonds is 1. The van der Waals surface area contributed by atoms with Gasteiger partial charge >= 0.3 is 0 Å². The summed E-state index contributed by atoms with van der Waals surface area (Å²) in [6, 6.07) is 8.80. The third-order valence-electron chi connectivity index (χ3n) is 4.39. The molecule has 3 rings (SSSR count). The van der Waals surface area contributed by atoms with Crippen molar-refractivity contribution in [2.24, 2.45) is 0 Å². The van der Waals surface area contributed by atoms with Crippen LogP contribution in [0, 0.1) is 0 Å². The molecule has 1 aliphatic heterocycles. The number of hydrogen-bond acceptors (Lipinski definition) is 2. The van der Waals surface area contributed by atoms with Crippen molar-refractivity contribution in [1.82, 2.24) is 0 Å². The molecule has 1 spiro atoms. The van der Waals surface area contributed by atoms with Crippen molar-refractivity contribution < 1.29 is 5.11 Å².